The second-order valence-electron chi connectivity index (χ2n) is 7.28. The van der Waals surface area contributed by atoms with Gasteiger partial charge in [-0.25, -0.2) is 0 Å². The van der Waals surface area contributed by atoms with E-state index in [2.05, 4.69) is 5.32 Å². The fourth-order valence-electron chi connectivity index (χ4n) is 2.83. The molecule has 0 aromatic rings. The summed E-state index contributed by atoms with van der Waals surface area (Å²) in [5, 5.41) is 1.60. The summed E-state index contributed by atoms with van der Waals surface area (Å²) in [4.78, 5) is 49.1. The van der Waals surface area contributed by atoms with Crippen LogP contribution in [0.3, 0.4) is 0 Å². The van der Waals surface area contributed by atoms with Crippen molar-refractivity contribution >= 4 is 34.6 Å². The lowest BCUT2D eigenvalue weighted by Crippen LogP contribution is -2.69. The molecule has 2 rings (SSSR count). The highest BCUT2D eigenvalue weighted by atomic mass is 32.2. The highest BCUT2D eigenvalue weighted by molar-refractivity contribution is 7.86. The van der Waals surface area contributed by atoms with E-state index in [-0.39, 0.29) is 23.6 Å². The Morgan fingerprint density at radius 1 is 1.29 bits per heavy atom. The summed E-state index contributed by atoms with van der Waals surface area (Å²) >= 11 is 0. The van der Waals surface area contributed by atoms with Gasteiger partial charge in [-0.15, -0.1) is 0 Å². The molecule has 156 valence electrons. The summed E-state index contributed by atoms with van der Waals surface area (Å²) < 4.78 is 27.6. The molecular formula is C17H24N2O8S. The molecule has 0 aliphatic carbocycles. The maximum absolute atomic E-state index is 12.7. The van der Waals surface area contributed by atoms with Gasteiger partial charge in [-0.3, -0.25) is 28.3 Å². The first-order chi connectivity index (χ1) is 13.0. The molecule has 28 heavy (non-hydrogen) atoms. The minimum atomic E-state index is -1.53. The van der Waals surface area contributed by atoms with E-state index in [0.29, 0.717) is 0 Å². The zero-order chi connectivity index (χ0) is 21.2. The van der Waals surface area contributed by atoms with Gasteiger partial charge in [0.1, 0.15) is 29.8 Å². The van der Waals surface area contributed by atoms with Gasteiger partial charge in [-0.05, 0) is 20.8 Å². The van der Waals surface area contributed by atoms with Crippen molar-refractivity contribution in [1.29, 1.82) is 0 Å². The molecule has 11 heteroatoms. The molecule has 1 fully saturated rings. The molecule has 2 amide bonds. The Morgan fingerprint density at radius 2 is 1.93 bits per heavy atom. The monoisotopic (exact) mass is 416 g/mol. The van der Waals surface area contributed by atoms with Crippen LogP contribution in [0.15, 0.2) is 11.3 Å². The van der Waals surface area contributed by atoms with E-state index in [1.165, 1.54) is 14.0 Å². The number of carbonyl (C=O) groups is 4. The minimum Gasteiger partial charge on any atom is -0.461 e. The quantitative estimate of drug-likeness (QED) is 0.441. The normalized spacial score (nSPS) is 24.2. The van der Waals surface area contributed by atoms with Gasteiger partial charge in [-0.1, -0.05) is 0 Å². The summed E-state index contributed by atoms with van der Waals surface area (Å²) in [7, 11) is -0.211. The number of nitrogens with zero attached hydrogens (tertiary/aromatic N) is 1. The van der Waals surface area contributed by atoms with Gasteiger partial charge in [0.2, 0.25) is 0 Å². The summed E-state index contributed by atoms with van der Waals surface area (Å²) in [5.41, 5.74) is -0.560. The first-order valence-electron chi connectivity index (χ1n) is 8.54. The van der Waals surface area contributed by atoms with Gasteiger partial charge >= 0.3 is 11.9 Å². The van der Waals surface area contributed by atoms with E-state index in [0.717, 1.165) is 4.90 Å². The number of ether oxygens (including phenoxy) is 3. The number of hydrogen-bond acceptors (Lipinski definition) is 8. The number of methoxy groups -OCH3 is 1. The third kappa shape index (κ3) is 4.76. The predicted octanol–water partition coefficient (Wildman–Crippen LogP) is -0.793. The minimum absolute atomic E-state index is 0.0588. The van der Waals surface area contributed by atoms with Crippen LogP contribution in [0.2, 0.25) is 0 Å². The third-order valence-corrected chi connectivity index (χ3v) is 5.52. The van der Waals surface area contributed by atoms with Crippen LogP contribution in [0.1, 0.15) is 27.7 Å². The molecule has 0 aromatic heterocycles. The Bertz CT molecular complexity index is 755. The molecule has 2 heterocycles. The summed E-state index contributed by atoms with van der Waals surface area (Å²) in [6, 6.07) is 0. The highest BCUT2D eigenvalue weighted by Crippen LogP contribution is 2.36. The number of esters is 2. The Hall–Kier alpha value is -2.27. The third-order valence-electron chi connectivity index (χ3n) is 3.89. The van der Waals surface area contributed by atoms with E-state index in [1.54, 1.807) is 20.8 Å². The van der Waals surface area contributed by atoms with Crippen molar-refractivity contribution in [2.24, 2.45) is 0 Å². The van der Waals surface area contributed by atoms with Crippen LogP contribution in [0.25, 0.3) is 0 Å². The number of amides is 2. The molecule has 3 unspecified atom stereocenters. The topological polar surface area (TPSA) is 128 Å². The summed E-state index contributed by atoms with van der Waals surface area (Å²) in [6.07, 6.45) is -0.912. The lowest BCUT2D eigenvalue weighted by atomic mass is 10.0. The van der Waals surface area contributed by atoms with Crippen molar-refractivity contribution in [3.05, 3.63) is 11.3 Å². The molecule has 3 atom stereocenters. The van der Waals surface area contributed by atoms with Gasteiger partial charge in [0.25, 0.3) is 11.8 Å². The molecule has 10 nitrogen and oxygen atoms in total. The van der Waals surface area contributed by atoms with Crippen molar-refractivity contribution in [3.63, 3.8) is 0 Å². The highest BCUT2D eigenvalue weighted by Gasteiger charge is 2.57. The fourth-order valence-corrected chi connectivity index (χ4v) is 4.51. The average molecular weight is 416 g/mol. The van der Waals surface area contributed by atoms with Gasteiger partial charge in [0.15, 0.2) is 6.10 Å². The molecule has 0 aromatic carbocycles. The zero-order valence-electron chi connectivity index (χ0n) is 16.4. The lowest BCUT2D eigenvalue weighted by molar-refractivity contribution is -0.160. The van der Waals surface area contributed by atoms with Gasteiger partial charge in [-0.2, -0.15) is 0 Å². The maximum atomic E-state index is 12.7. The Labute approximate surface area is 165 Å². The van der Waals surface area contributed by atoms with E-state index in [1.807, 2.05) is 0 Å². The van der Waals surface area contributed by atoms with Crippen LogP contribution in [-0.2, 0) is 44.2 Å². The molecule has 2 aliphatic rings. The van der Waals surface area contributed by atoms with Crippen LogP contribution in [0, 0.1) is 0 Å². The lowest BCUT2D eigenvalue weighted by Gasteiger charge is -2.48. The van der Waals surface area contributed by atoms with Crippen LogP contribution in [0.4, 0.5) is 0 Å². The van der Waals surface area contributed by atoms with Crippen LogP contribution >= 0.6 is 0 Å². The molecular weight excluding hydrogens is 392 g/mol. The average Bonchev–Trinajstić information content (AvgIpc) is 2.56. The van der Waals surface area contributed by atoms with Crippen LogP contribution in [0.5, 0.6) is 0 Å². The first kappa shape index (κ1) is 22.0. The molecule has 1 N–H and O–H groups in total. The Kier molecular flexibility index (Phi) is 6.60. The number of β-lactam (4-membered cyclic amide) rings is 1. The van der Waals surface area contributed by atoms with Gasteiger partial charge in [0, 0.05) is 19.6 Å². The smallest absolute Gasteiger partial charge is 0.325 e. The fraction of sp³-hybridized carbons (Fsp3) is 0.647. The largest absolute Gasteiger partial charge is 0.461 e. The SMILES string of the molecule is COC1C(=O)N2C(C(=O)NCC(=O)OC(C)(C)C)=C(COC(C)=O)CS(=O)C12. The maximum Gasteiger partial charge on any atom is 0.325 e. The molecule has 0 radical (unpaired) electrons. The van der Waals surface area contributed by atoms with Crippen molar-refractivity contribution in [1.82, 2.24) is 10.2 Å². The second kappa shape index (κ2) is 8.39. The molecule has 2 aliphatic heterocycles. The van der Waals surface area contributed by atoms with Gasteiger partial charge in [0.05, 0.1) is 16.6 Å². The number of nitrogens with one attached hydrogen (secondary N) is 1. The molecule has 1 saturated heterocycles. The Morgan fingerprint density at radius 3 is 2.46 bits per heavy atom. The van der Waals surface area contributed by atoms with Crippen molar-refractivity contribution in [2.75, 3.05) is 26.0 Å². The number of fused-ring (bicyclic) bond motifs is 1. The number of hydrogen-bond donors (Lipinski definition) is 1. The van der Waals surface area contributed by atoms with E-state index < -0.39 is 58.2 Å². The van der Waals surface area contributed by atoms with Gasteiger partial charge < -0.3 is 19.5 Å². The van der Waals surface area contributed by atoms with Crippen molar-refractivity contribution in [3.8, 4) is 0 Å². The zero-order valence-corrected chi connectivity index (χ0v) is 17.2. The standard InChI is InChI=1S/C17H24N2O8S/c1-9(20)26-7-10-8-28(24)16-13(25-5)15(23)19(16)12(10)14(22)18-6-11(21)27-17(2,3)4/h13,16H,6-8H2,1-5H3,(H,18,22). The van der Waals surface area contributed by atoms with Crippen molar-refractivity contribution < 1.29 is 37.6 Å². The summed E-state index contributed by atoms with van der Waals surface area (Å²) in [5.74, 6) is -2.54. The second-order valence-corrected chi connectivity index (χ2v) is 8.81. The van der Waals surface area contributed by atoms with E-state index in [4.69, 9.17) is 14.2 Å². The van der Waals surface area contributed by atoms with Crippen LogP contribution < -0.4 is 5.32 Å². The van der Waals surface area contributed by atoms with E-state index in [9.17, 15) is 23.4 Å². The Balaban J connectivity index is 2.23. The first-order valence-corrected chi connectivity index (χ1v) is 9.93. The molecule has 0 spiro atoms. The summed E-state index contributed by atoms with van der Waals surface area (Å²) in [6.45, 7) is 5.57. The van der Waals surface area contributed by atoms with Crippen LogP contribution in [-0.4, -0.2) is 76.0 Å². The number of rotatable bonds is 6. The van der Waals surface area contributed by atoms with Crippen molar-refractivity contribution in [2.45, 2.75) is 44.8 Å². The van der Waals surface area contributed by atoms with E-state index >= 15 is 0 Å². The predicted molar refractivity (Wildman–Crippen MR) is 97.0 cm³/mol. The number of carbonyl (C=O) groups excluding carboxylic acids is 4. The molecule has 0 saturated carbocycles. The molecule has 0 bridgehead atoms.